The summed E-state index contributed by atoms with van der Waals surface area (Å²) in [4.78, 5) is 1.80. The molecule has 0 spiro atoms. The third-order valence-corrected chi connectivity index (χ3v) is 1.45. The van der Waals surface area contributed by atoms with E-state index in [0.717, 1.165) is 0 Å². The molecule has 1 heterocycles. The van der Waals surface area contributed by atoms with Crippen molar-refractivity contribution in [3.05, 3.63) is 24.2 Å². The van der Waals surface area contributed by atoms with Gasteiger partial charge in [-0.05, 0) is 26.2 Å². The van der Waals surface area contributed by atoms with E-state index in [0.29, 0.717) is 5.76 Å². The first-order valence-corrected chi connectivity index (χ1v) is 3.35. The van der Waals surface area contributed by atoms with Crippen LogP contribution in [0.3, 0.4) is 0 Å². The van der Waals surface area contributed by atoms with Crippen LogP contribution in [0.15, 0.2) is 22.8 Å². The van der Waals surface area contributed by atoms with Crippen molar-refractivity contribution in [3.8, 4) is 6.07 Å². The Bertz CT molecular complexity index is 246. The summed E-state index contributed by atoms with van der Waals surface area (Å²) >= 11 is 0. The van der Waals surface area contributed by atoms with E-state index in [1.54, 1.807) is 23.3 Å². The van der Waals surface area contributed by atoms with Gasteiger partial charge in [0, 0.05) is 0 Å². The summed E-state index contributed by atoms with van der Waals surface area (Å²) in [5, 5.41) is 8.72. The van der Waals surface area contributed by atoms with E-state index in [2.05, 4.69) is 6.07 Å². The van der Waals surface area contributed by atoms with Crippen LogP contribution in [-0.2, 0) is 0 Å². The van der Waals surface area contributed by atoms with Crippen LogP contribution in [0.1, 0.15) is 11.8 Å². The maximum absolute atomic E-state index is 8.72. The van der Waals surface area contributed by atoms with Gasteiger partial charge in [-0.1, -0.05) is 0 Å². The molecule has 0 saturated carbocycles. The second-order valence-electron chi connectivity index (χ2n) is 2.51. The lowest BCUT2D eigenvalue weighted by Crippen LogP contribution is -2.17. The van der Waals surface area contributed by atoms with Crippen molar-refractivity contribution in [3.63, 3.8) is 0 Å². The quantitative estimate of drug-likeness (QED) is 0.639. The molecule has 0 radical (unpaired) electrons. The molecular formula is C8H10N2O. The number of nitrogens with zero attached hydrogens (tertiary/aromatic N) is 2. The van der Waals surface area contributed by atoms with Gasteiger partial charge in [0.15, 0.2) is 6.04 Å². The Morgan fingerprint density at radius 2 is 2.36 bits per heavy atom. The minimum atomic E-state index is -0.273. The SMILES string of the molecule is CN(C)[C@H](C#N)c1ccco1. The lowest BCUT2D eigenvalue weighted by Gasteiger charge is -2.13. The highest BCUT2D eigenvalue weighted by Crippen LogP contribution is 2.16. The zero-order valence-corrected chi connectivity index (χ0v) is 6.61. The van der Waals surface area contributed by atoms with Gasteiger partial charge >= 0.3 is 0 Å². The molecule has 0 N–H and O–H groups in total. The van der Waals surface area contributed by atoms with Crippen molar-refractivity contribution >= 4 is 0 Å². The van der Waals surface area contributed by atoms with Gasteiger partial charge in [0.25, 0.3) is 0 Å². The van der Waals surface area contributed by atoms with E-state index in [4.69, 9.17) is 9.68 Å². The van der Waals surface area contributed by atoms with Gasteiger partial charge < -0.3 is 4.42 Å². The van der Waals surface area contributed by atoms with Crippen LogP contribution < -0.4 is 0 Å². The third kappa shape index (κ3) is 1.60. The fourth-order valence-electron chi connectivity index (χ4n) is 0.880. The lowest BCUT2D eigenvalue weighted by atomic mass is 10.2. The monoisotopic (exact) mass is 150 g/mol. The Hall–Kier alpha value is -1.27. The first-order chi connectivity index (χ1) is 5.25. The van der Waals surface area contributed by atoms with Crippen molar-refractivity contribution in [2.24, 2.45) is 0 Å². The molecular weight excluding hydrogens is 140 g/mol. The number of hydrogen-bond donors (Lipinski definition) is 0. The fourth-order valence-corrected chi connectivity index (χ4v) is 0.880. The Morgan fingerprint density at radius 3 is 2.73 bits per heavy atom. The van der Waals surface area contributed by atoms with Crippen molar-refractivity contribution in [2.45, 2.75) is 6.04 Å². The zero-order valence-electron chi connectivity index (χ0n) is 6.61. The Balaban J connectivity index is 2.82. The highest BCUT2D eigenvalue weighted by molar-refractivity contribution is 5.11. The summed E-state index contributed by atoms with van der Waals surface area (Å²) < 4.78 is 5.08. The van der Waals surface area contributed by atoms with E-state index >= 15 is 0 Å². The second-order valence-corrected chi connectivity index (χ2v) is 2.51. The fraction of sp³-hybridized carbons (Fsp3) is 0.375. The molecule has 0 amide bonds. The summed E-state index contributed by atoms with van der Waals surface area (Å²) in [7, 11) is 3.69. The molecule has 0 saturated heterocycles. The molecule has 1 aromatic heterocycles. The minimum Gasteiger partial charge on any atom is -0.467 e. The molecule has 3 nitrogen and oxygen atoms in total. The Kier molecular flexibility index (Phi) is 2.29. The van der Waals surface area contributed by atoms with E-state index in [9.17, 15) is 0 Å². The van der Waals surface area contributed by atoms with Crippen LogP contribution in [0.2, 0.25) is 0 Å². The molecule has 1 rings (SSSR count). The minimum absolute atomic E-state index is 0.273. The zero-order chi connectivity index (χ0) is 8.27. The number of nitriles is 1. The molecule has 1 atom stereocenters. The van der Waals surface area contributed by atoms with Gasteiger partial charge in [-0.25, -0.2) is 0 Å². The standard InChI is InChI=1S/C8H10N2O/c1-10(2)7(6-9)8-4-3-5-11-8/h3-5,7H,1-2H3/t7-/m1/s1. The van der Waals surface area contributed by atoms with Gasteiger partial charge in [-0.15, -0.1) is 0 Å². The van der Waals surface area contributed by atoms with Crippen LogP contribution in [0, 0.1) is 11.3 Å². The average Bonchev–Trinajstić information content (AvgIpc) is 2.40. The van der Waals surface area contributed by atoms with Crippen molar-refractivity contribution < 1.29 is 4.42 Å². The van der Waals surface area contributed by atoms with Crippen LogP contribution in [0.4, 0.5) is 0 Å². The molecule has 0 bridgehead atoms. The van der Waals surface area contributed by atoms with E-state index < -0.39 is 0 Å². The van der Waals surface area contributed by atoms with Crippen LogP contribution >= 0.6 is 0 Å². The summed E-state index contributed by atoms with van der Waals surface area (Å²) in [6.07, 6.45) is 1.57. The highest BCUT2D eigenvalue weighted by Gasteiger charge is 2.14. The molecule has 0 fully saturated rings. The Labute approximate surface area is 65.8 Å². The van der Waals surface area contributed by atoms with Crippen molar-refractivity contribution in [1.82, 2.24) is 4.90 Å². The number of furan rings is 1. The van der Waals surface area contributed by atoms with E-state index in [1.807, 2.05) is 14.1 Å². The van der Waals surface area contributed by atoms with Gasteiger partial charge in [-0.3, -0.25) is 4.90 Å². The average molecular weight is 150 g/mol. The number of hydrogen-bond acceptors (Lipinski definition) is 3. The molecule has 0 unspecified atom stereocenters. The van der Waals surface area contributed by atoms with E-state index in [1.165, 1.54) is 0 Å². The molecule has 0 aromatic carbocycles. The second kappa shape index (κ2) is 3.22. The lowest BCUT2D eigenvalue weighted by molar-refractivity contribution is 0.311. The molecule has 3 heteroatoms. The normalized spacial score (nSPS) is 12.9. The summed E-state index contributed by atoms with van der Waals surface area (Å²) in [6.45, 7) is 0. The van der Waals surface area contributed by atoms with Crippen molar-refractivity contribution in [1.29, 1.82) is 5.26 Å². The maximum Gasteiger partial charge on any atom is 0.156 e. The third-order valence-electron chi connectivity index (χ3n) is 1.45. The maximum atomic E-state index is 8.72. The smallest absolute Gasteiger partial charge is 0.156 e. The summed E-state index contributed by atoms with van der Waals surface area (Å²) in [5.41, 5.74) is 0. The highest BCUT2D eigenvalue weighted by atomic mass is 16.3. The predicted octanol–water partition coefficient (Wildman–Crippen LogP) is 1.41. The molecule has 0 aliphatic rings. The van der Waals surface area contributed by atoms with Gasteiger partial charge in [0.05, 0.1) is 12.3 Å². The largest absolute Gasteiger partial charge is 0.467 e. The Morgan fingerprint density at radius 1 is 1.64 bits per heavy atom. The first kappa shape index (κ1) is 7.83. The van der Waals surface area contributed by atoms with Crippen molar-refractivity contribution in [2.75, 3.05) is 14.1 Å². The summed E-state index contributed by atoms with van der Waals surface area (Å²) in [5.74, 6) is 0.692. The van der Waals surface area contributed by atoms with Crippen LogP contribution in [-0.4, -0.2) is 19.0 Å². The first-order valence-electron chi connectivity index (χ1n) is 3.35. The predicted molar refractivity (Wildman–Crippen MR) is 40.7 cm³/mol. The van der Waals surface area contributed by atoms with Gasteiger partial charge in [-0.2, -0.15) is 5.26 Å². The summed E-state index contributed by atoms with van der Waals surface area (Å²) in [6, 6.07) is 5.44. The van der Waals surface area contributed by atoms with E-state index in [-0.39, 0.29) is 6.04 Å². The van der Waals surface area contributed by atoms with Gasteiger partial charge in [0.1, 0.15) is 5.76 Å². The topological polar surface area (TPSA) is 40.2 Å². The molecule has 58 valence electrons. The van der Waals surface area contributed by atoms with Crippen LogP contribution in [0.5, 0.6) is 0 Å². The molecule has 1 aromatic rings. The molecule has 0 aliphatic carbocycles. The molecule has 11 heavy (non-hydrogen) atoms. The van der Waals surface area contributed by atoms with Gasteiger partial charge in [0.2, 0.25) is 0 Å². The molecule has 0 aliphatic heterocycles. The number of rotatable bonds is 2. The van der Waals surface area contributed by atoms with Crippen LogP contribution in [0.25, 0.3) is 0 Å².